The molecular weight excluding hydrogens is 458 g/mol. The second-order valence-corrected chi connectivity index (χ2v) is 9.72. The monoisotopic (exact) mass is 477 g/mol. The van der Waals surface area contributed by atoms with Gasteiger partial charge in [0, 0.05) is 11.4 Å². The number of anilines is 5. The van der Waals surface area contributed by atoms with E-state index in [2.05, 4.69) is 25.3 Å². The second kappa shape index (κ2) is 8.73. The third-order valence-corrected chi connectivity index (χ3v) is 6.93. The quantitative estimate of drug-likeness (QED) is 0.359. The Morgan fingerprint density at radius 3 is 2.55 bits per heavy atom. The molecule has 0 radical (unpaired) electrons. The van der Waals surface area contributed by atoms with Crippen LogP contribution in [0.15, 0.2) is 83.9 Å². The van der Waals surface area contributed by atoms with E-state index in [1.807, 2.05) is 30.3 Å². The molecule has 1 aliphatic heterocycles. The first-order valence-corrected chi connectivity index (χ1v) is 12.2. The molecule has 1 aromatic heterocycles. The molecule has 166 valence electrons. The Morgan fingerprint density at radius 2 is 1.70 bits per heavy atom. The van der Waals surface area contributed by atoms with E-state index in [0.29, 0.717) is 28.9 Å². The van der Waals surface area contributed by atoms with Crippen molar-refractivity contribution in [2.75, 3.05) is 15.4 Å². The van der Waals surface area contributed by atoms with E-state index in [1.54, 1.807) is 42.5 Å². The highest BCUT2D eigenvalue weighted by molar-refractivity contribution is 7.92. The highest BCUT2D eigenvalue weighted by atomic mass is 35.5. The molecule has 9 heteroatoms. The number of aryl methyl sites for hydroxylation is 2. The molecule has 5 rings (SSSR count). The van der Waals surface area contributed by atoms with Gasteiger partial charge in [0.05, 0.1) is 16.8 Å². The summed E-state index contributed by atoms with van der Waals surface area (Å²) in [6.07, 6.45) is 2.88. The van der Waals surface area contributed by atoms with Crippen LogP contribution in [0.1, 0.15) is 11.1 Å². The Labute approximate surface area is 196 Å². The van der Waals surface area contributed by atoms with E-state index >= 15 is 0 Å². The predicted molar refractivity (Wildman–Crippen MR) is 131 cm³/mol. The zero-order valence-electron chi connectivity index (χ0n) is 17.4. The maximum absolute atomic E-state index is 12.9. The van der Waals surface area contributed by atoms with Crippen molar-refractivity contribution in [1.82, 2.24) is 9.97 Å². The number of aromatic nitrogens is 2. The van der Waals surface area contributed by atoms with Crippen LogP contribution in [0.25, 0.3) is 0 Å². The number of rotatable bonds is 3. The standard InChI is InChI=1S/C24H20ClN5O2S/c25-21-15-26-24-28-18-6-4-5-16(13-18)9-10-17-14-19(27-23(21)29-24)11-12-22(17)30-33(31,32)20-7-2-1-3-8-20/h1-8,11-15,30H,9-10H2,(H2,26,27,28,29). The number of hydrogen-bond acceptors (Lipinski definition) is 6. The molecule has 0 aliphatic carbocycles. The molecular formula is C24H20ClN5O2S. The van der Waals surface area contributed by atoms with Gasteiger partial charge in [-0.2, -0.15) is 4.98 Å². The summed E-state index contributed by atoms with van der Waals surface area (Å²) in [5.74, 6) is 0.874. The zero-order chi connectivity index (χ0) is 22.8. The number of benzene rings is 3. The lowest BCUT2D eigenvalue weighted by molar-refractivity contribution is 0.601. The zero-order valence-corrected chi connectivity index (χ0v) is 19.0. The molecule has 4 aromatic rings. The predicted octanol–water partition coefficient (Wildman–Crippen LogP) is 5.52. The van der Waals surface area contributed by atoms with E-state index in [4.69, 9.17) is 11.6 Å². The number of halogens is 1. The number of hydrogen-bond donors (Lipinski definition) is 3. The molecule has 0 amide bonds. The van der Waals surface area contributed by atoms with Gasteiger partial charge in [-0.05, 0) is 66.4 Å². The number of nitrogens with zero attached hydrogens (tertiary/aromatic N) is 2. The first kappa shape index (κ1) is 21.2. The molecule has 0 saturated carbocycles. The Bertz CT molecular complexity index is 1430. The van der Waals surface area contributed by atoms with E-state index in [9.17, 15) is 8.42 Å². The lowest BCUT2D eigenvalue weighted by atomic mass is 10.0. The van der Waals surface area contributed by atoms with Gasteiger partial charge in [0.15, 0.2) is 5.82 Å². The van der Waals surface area contributed by atoms with E-state index in [1.165, 1.54) is 6.20 Å². The van der Waals surface area contributed by atoms with E-state index < -0.39 is 10.0 Å². The maximum Gasteiger partial charge on any atom is 0.261 e. The lowest BCUT2D eigenvalue weighted by Crippen LogP contribution is -2.14. The largest absolute Gasteiger partial charge is 0.339 e. The van der Waals surface area contributed by atoms with E-state index in [-0.39, 0.29) is 4.90 Å². The minimum atomic E-state index is -3.72. The average Bonchev–Trinajstić information content (AvgIpc) is 2.82. The summed E-state index contributed by atoms with van der Waals surface area (Å²) in [5.41, 5.74) is 4.08. The minimum absolute atomic E-state index is 0.211. The molecule has 3 N–H and O–H groups in total. The molecule has 7 nitrogen and oxygen atoms in total. The fourth-order valence-electron chi connectivity index (χ4n) is 3.65. The molecule has 33 heavy (non-hydrogen) atoms. The van der Waals surface area contributed by atoms with Gasteiger partial charge in [0.1, 0.15) is 5.02 Å². The van der Waals surface area contributed by atoms with Gasteiger partial charge < -0.3 is 10.6 Å². The molecule has 1 aliphatic rings. The molecule has 6 bridgehead atoms. The Morgan fingerprint density at radius 1 is 0.879 bits per heavy atom. The summed E-state index contributed by atoms with van der Waals surface area (Å²) in [5, 5.41) is 6.80. The van der Waals surface area contributed by atoms with Crippen LogP contribution in [0.5, 0.6) is 0 Å². The number of sulfonamides is 1. The third kappa shape index (κ3) is 4.76. The minimum Gasteiger partial charge on any atom is -0.339 e. The van der Waals surface area contributed by atoms with Gasteiger partial charge in [-0.3, -0.25) is 4.72 Å². The van der Waals surface area contributed by atoms with Crippen molar-refractivity contribution < 1.29 is 8.42 Å². The van der Waals surface area contributed by atoms with Crippen molar-refractivity contribution in [3.05, 3.63) is 95.1 Å². The Hall–Kier alpha value is -3.62. The first-order chi connectivity index (χ1) is 16.0. The smallest absolute Gasteiger partial charge is 0.261 e. The van der Waals surface area contributed by atoms with Crippen LogP contribution in [-0.4, -0.2) is 18.4 Å². The van der Waals surface area contributed by atoms with Crippen LogP contribution < -0.4 is 15.4 Å². The third-order valence-electron chi connectivity index (χ3n) is 5.28. The lowest BCUT2D eigenvalue weighted by Gasteiger charge is -2.15. The fraction of sp³-hybridized carbons (Fsp3) is 0.0833. The van der Waals surface area contributed by atoms with Crippen LogP contribution in [0, 0.1) is 0 Å². The van der Waals surface area contributed by atoms with Gasteiger partial charge in [-0.15, -0.1) is 0 Å². The first-order valence-electron chi connectivity index (χ1n) is 10.3. The van der Waals surface area contributed by atoms with Crippen LogP contribution in [0.3, 0.4) is 0 Å². The molecule has 0 atom stereocenters. The summed E-state index contributed by atoms with van der Waals surface area (Å²) < 4.78 is 28.6. The van der Waals surface area contributed by atoms with Crippen LogP contribution in [-0.2, 0) is 22.9 Å². The summed E-state index contributed by atoms with van der Waals surface area (Å²) in [6.45, 7) is 0. The molecule has 2 heterocycles. The van der Waals surface area contributed by atoms with Crippen molar-refractivity contribution in [3.63, 3.8) is 0 Å². The van der Waals surface area contributed by atoms with Crippen LogP contribution >= 0.6 is 11.6 Å². The molecule has 0 spiro atoms. The molecule has 3 aromatic carbocycles. The highest BCUT2D eigenvalue weighted by Gasteiger charge is 2.17. The van der Waals surface area contributed by atoms with Crippen molar-refractivity contribution in [2.24, 2.45) is 0 Å². The highest BCUT2D eigenvalue weighted by Crippen LogP contribution is 2.30. The Kier molecular flexibility index (Phi) is 5.62. The van der Waals surface area contributed by atoms with Crippen molar-refractivity contribution in [2.45, 2.75) is 17.7 Å². The molecule has 0 unspecified atom stereocenters. The SMILES string of the molecule is O=S(=O)(Nc1ccc2cc1CCc1cccc(c1)Nc1ncc(Cl)c(n1)N2)c1ccccc1. The number of fused-ring (bicyclic) bond motifs is 6. The van der Waals surface area contributed by atoms with Gasteiger partial charge in [0.2, 0.25) is 5.95 Å². The van der Waals surface area contributed by atoms with Gasteiger partial charge in [-0.25, -0.2) is 13.4 Å². The van der Waals surface area contributed by atoms with Gasteiger partial charge in [0.25, 0.3) is 10.0 Å². The molecule has 0 saturated heterocycles. The normalized spacial score (nSPS) is 12.9. The Balaban J connectivity index is 1.56. The molecule has 0 fully saturated rings. The van der Waals surface area contributed by atoms with Crippen molar-refractivity contribution in [3.8, 4) is 0 Å². The summed E-state index contributed by atoms with van der Waals surface area (Å²) in [4.78, 5) is 8.96. The topological polar surface area (TPSA) is 96.0 Å². The summed E-state index contributed by atoms with van der Waals surface area (Å²) in [7, 11) is -3.72. The van der Waals surface area contributed by atoms with Gasteiger partial charge >= 0.3 is 0 Å². The van der Waals surface area contributed by atoms with Crippen LogP contribution in [0.2, 0.25) is 5.02 Å². The summed E-state index contributed by atoms with van der Waals surface area (Å²) in [6, 6.07) is 21.7. The van der Waals surface area contributed by atoms with Gasteiger partial charge in [-0.1, -0.05) is 41.9 Å². The fourth-order valence-corrected chi connectivity index (χ4v) is 4.91. The van der Waals surface area contributed by atoms with E-state index in [0.717, 1.165) is 28.9 Å². The maximum atomic E-state index is 12.9. The number of nitrogens with one attached hydrogen (secondary N) is 3. The summed E-state index contributed by atoms with van der Waals surface area (Å²) >= 11 is 6.31. The average molecular weight is 478 g/mol. The van der Waals surface area contributed by atoms with Crippen LogP contribution in [0.4, 0.5) is 28.8 Å². The second-order valence-electron chi connectivity index (χ2n) is 7.63. The van der Waals surface area contributed by atoms with Crippen molar-refractivity contribution in [1.29, 1.82) is 0 Å². The van der Waals surface area contributed by atoms with Crippen molar-refractivity contribution >= 4 is 50.5 Å².